The number of anilines is 1. The van der Waals surface area contributed by atoms with Crippen LogP contribution in [-0.2, 0) is 7.05 Å². The number of aryl methyl sites for hydroxylation is 3. The molecule has 2 heteroatoms. The van der Waals surface area contributed by atoms with Gasteiger partial charge < -0.3 is 4.90 Å². The van der Waals surface area contributed by atoms with Crippen molar-refractivity contribution < 1.29 is 4.57 Å². The molecular formula is C18H23N2+. The quantitative estimate of drug-likeness (QED) is 0.773. The fraction of sp³-hybridized carbons (Fsp3) is 0.278. The van der Waals surface area contributed by atoms with Gasteiger partial charge in [-0.3, -0.25) is 0 Å². The lowest BCUT2D eigenvalue weighted by Crippen LogP contribution is -2.30. The Morgan fingerprint density at radius 3 is 2.20 bits per heavy atom. The van der Waals surface area contributed by atoms with Crippen LogP contribution >= 0.6 is 0 Å². The topological polar surface area (TPSA) is 7.12 Å². The molecule has 0 amide bonds. The van der Waals surface area contributed by atoms with E-state index in [1.807, 2.05) is 6.07 Å². The fourth-order valence-corrected chi connectivity index (χ4v) is 2.68. The van der Waals surface area contributed by atoms with Crippen molar-refractivity contribution in [2.24, 2.45) is 7.05 Å². The van der Waals surface area contributed by atoms with Gasteiger partial charge in [0.25, 0.3) is 0 Å². The smallest absolute Gasteiger partial charge is 0.204 e. The number of benzene rings is 1. The average molecular weight is 267 g/mol. The zero-order chi connectivity index (χ0) is 14.7. The van der Waals surface area contributed by atoms with E-state index in [0.717, 1.165) is 0 Å². The van der Waals surface area contributed by atoms with Crippen molar-refractivity contribution in [3.63, 3.8) is 0 Å². The van der Waals surface area contributed by atoms with E-state index >= 15 is 0 Å². The lowest BCUT2D eigenvalue weighted by atomic mass is 10.0. The Hall–Kier alpha value is -2.09. The number of hydrogen-bond acceptors (Lipinski definition) is 1. The standard InChI is InChI=1S/C18H23N2/c1-14-12-16(13-15(2)18(14)19(3)4)9-10-17-8-6-7-11-20(17)5/h6-13H,1-5H3/q+1. The summed E-state index contributed by atoms with van der Waals surface area (Å²) in [5.74, 6) is 0. The molecule has 1 aromatic heterocycles. The van der Waals surface area contributed by atoms with Crippen LogP contribution in [-0.4, -0.2) is 14.1 Å². The van der Waals surface area contributed by atoms with E-state index in [-0.39, 0.29) is 0 Å². The molecule has 20 heavy (non-hydrogen) atoms. The lowest BCUT2D eigenvalue weighted by Gasteiger charge is -2.19. The van der Waals surface area contributed by atoms with Gasteiger partial charge in [0.2, 0.25) is 5.69 Å². The van der Waals surface area contributed by atoms with E-state index in [2.05, 4.69) is 87.1 Å². The Kier molecular flexibility index (Phi) is 4.23. The van der Waals surface area contributed by atoms with E-state index in [9.17, 15) is 0 Å². The summed E-state index contributed by atoms with van der Waals surface area (Å²) < 4.78 is 2.12. The van der Waals surface area contributed by atoms with Gasteiger partial charge in [-0.1, -0.05) is 0 Å². The van der Waals surface area contributed by atoms with Crippen LogP contribution < -0.4 is 9.47 Å². The summed E-state index contributed by atoms with van der Waals surface area (Å²) in [4.78, 5) is 2.18. The van der Waals surface area contributed by atoms with Crippen LogP contribution in [0.4, 0.5) is 5.69 Å². The molecule has 0 aliphatic rings. The summed E-state index contributed by atoms with van der Waals surface area (Å²) in [6, 6.07) is 10.7. The van der Waals surface area contributed by atoms with Crippen LogP contribution in [0.3, 0.4) is 0 Å². The predicted octanol–water partition coefficient (Wildman–Crippen LogP) is 3.36. The van der Waals surface area contributed by atoms with Gasteiger partial charge in [-0.25, -0.2) is 4.57 Å². The first-order valence-electron chi connectivity index (χ1n) is 6.90. The minimum absolute atomic E-state index is 1.19. The third-order valence-corrected chi connectivity index (χ3v) is 3.50. The Balaban J connectivity index is 2.34. The fourth-order valence-electron chi connectivity index (χ4n) is 2.68. The molecule has 0 unspecified atom stereocenters. The molecule has 2 nitrogen and oxygen atoms in total. The van der Waals surface area contributed by atoms with Gasteiger partial charge in [0, 0.05) is 38.0 Å². The second-order valence-corrected chi connectivity index (χ2v) is 5.47. The van der Waals surface area contributed by atoms with E-state index in [0.29, 0.717) is 0 Å². The van der Waals surface area contributed by atoms with E-state index < -0.39 is 0 Å². The highest BCUT2D eigenvalue weighted by atomic mass is 15.1. The zero-order valence-corrected chi connectivity index (χ0v) is 13.0. The van der Waals surface area contributed by atoms with Gasteiger partial charge in [0.15, 0.2) is 6.20 Å². The molecule has 0 N–H and O–H groups in total. The number of aromatic nitrogens is 1. The highest BCUT2D eigenvalue weighted by Gasteiger charge is 2.06. The van der Waals surface area contributed by atoms with Gasteiger partial charge in [-0.05, 0) is 54.8 Å². The molecular weight excluding hydrogens is 244 g/mol. The molecule has 2 aromatic rings. The Morgan fingerprint density at radius 2 is 1.65 bits per heavy atom. The molecule has 0 fully saturated rings. The molecule has 2 rings (SSSR count). The second kappa shape index (κ2) is 5.91. The van der Waals surface area contributed by atoms with Crippen LogP contribution in [0.5, 0.6) is 0 Å². The minimum Gasteiger partial charge on any atom is -0.377 e. The van der Waals surface area contributed by atoms with Crippen molar-refractivity contribution in [2.75, 3.05) is 19.0 Å². The summed E-state index contributed by atoms with van der Waals surface area (Å²) in [5, 5.41) is 0. The Bertz CT molecular complexity index is 617. The highest BCUT2D eigenvalue weighted by molar-refractivity contribution is 5.71. The molecule has 0 saturated carbocycles. The molecule has 1 heterocycles. The summed E-state index contributed by atoms with van der Waals surface area (Å²) in [6.45, 7) is 4.34. The third kappa shape index (κ3) is 3.08. The molecule has 0 spiro atoms. The first-order valence-corrected chi connectivity index (χ1v) is 6.90. The van der Waals surface area contributed by atoms with Gasteiger partial charge in [0.05, 0.1) is 0 Å². The van der Waals surface area contributed by atoms with Crippen molar-refractivity contribution in [2.45, 2.75) is 13.8 Å². The van der Waals surface area contributed by atoms with Gasteiger partial charge in [-0.15, -0.1) is 0 Å². The van der Waals surface area contributed by atoms with Crippen molar-refractivity contribution in [1.29, 1.82) is 0 Å². The van der Waals surface area contributed by atoms with Crippen molar-refractivity contribution in [1.82, 2.24) is 0 Å². The SMILES string of the molecule is Cc1cc(/C=C/c2cccc[n+]2C)cc(C)c1N(C)C. The van der Waals surface area contributed by atoms with Gasteiger partial charge in [-0.2, -0.15) is 0 Å². The van der Waals surface area contributed by atoms with Crippen LogP contribution in [0, 0.1) is 13.8 Å². The summed E-state index contributed by atoms with van der Waals surface area (Å²) in [7, 11) is 6.24. The molecule has 1 aromatic carbocycles. The predicted molar refractivity (Wildman–Crippen MR) is 86.8 cm³/mol. The van der Waals surface area contributed by atoms with Crippen molar-refractivity contribution in [3.05, 3.63) is 58.9 Å². The summed E-state index contributed by atoms with van der Waals surface area (Å²) in [5.41, 5.74) is 6.38. The van der Waals surface area contributed by atoms with Gasteiger partial charge in [0.1, 0.15) is 7.05 Å². The molecule has 0 aliphatic heterocycles. The van der Waals surface area contributed by atoms with E-state index in [4.69, 9.17) is 0 Å². The number of pyridine rings is 1. The maximum absolute atomic E-state index is 2.24. The zero-order valence-electron chi connectivity index (χ0n) is 13.0. The van der Waals surface area contributed by atoms with Crippen LogP contribution in [0.1, 0.15) is 22.4 Å². The first-order chi connectivity index (χ1) is 9.49. The summed E-state index contributed by atoms with van der Waals surface area (Å²) >= 11 is 0. The molecule has 0 aliphatic carbocycles. The lowest BCUT2D eigenvalue weighted by molar-refractivity contribution is -0.673. The highest BCUT2D eigenvalue weighted by Crippen LogP contribution is 2.25. The number of rotatable bonds is 3. The van der Waals surface area contributed by atoms with Crippen LogP contribution in [0.2, 0.25) is 0 Å². The number of nitrogens with zero attached hydrogens (tertiary/aromatic N) is 2. The second-order valence-electron chi connectivity index (χ2n) is 5.47. The van der Waals surface area contributed by atoms with Crippen molar-refractivity contribution in [3.8, 4) is 0 Å². The molecule has 0 atom stereocenters. The Labute approximate surface area is 122 Å². The summed E-state index contributed by atoms with van der Waals surface area (Å²) in [6.07, 6.45) is 6.39. The minimum atomic E-state index is 1.19. The third-order valence-electron chi connectivity index (χ3n) is 3.50. The van der Waals surface area contributed by atoms with Crippen molar-refractivity contribution >= 4 is 17.8 Å². The molecule has 0 radical (unpaired) electrons. The van der Waals surface area contributed by atoms with Gasteiger partial charge >= 0.3 is 0 Å². The normalized spacial score (nSPS) is 11.1. The maximum Gasteiger partial charge on any atom is 0.204 e. The maximum atomic E-state index is 2.24. The van der Waals surface area contributed by atoms with E-state index in [1.54, 1.807) is 0 Å². The van der Waals surface area contributed by atoms with E-state index in [1.165, 1.54) is 28.1 Å². The monoisotopic (exact) mass is 267 g/mol. The molecule has 104 valence electrons. The average Bonchev–Trinajstić information content (AvgIpc) is 2.36. The molecule has 0 saturated heterocycles. The van der Waals surface area contributed by atoms with Crippen LogP contribution in [0.25, 0.3) is 12.2 Å². The van der Waals surface area contributed by atoms with Crippen LogP contribution in [0.15, 0.2) is 36.5 Å². The first kappa shape index (κ1) is 14.3. The molecule has 0 bridgehead atoms. The largest absolute Gasteiger partial charge is 0.377 e. The number of hydrogen-bond donors (Lipinski definition) is 0. The Morgan fingerprint density at radius 1 is 1.00 bits per heavy atom.